The minimum Gasteiger partial charge on any atom is -0.497 e. The Labute approximate surface area is 257 Å². The molecule has 0 atom stereocenters. The van der Waals surface area contributed by atoms with E-state index in [1.54, 1.807) is 26.2 Å². The first-order chi connectivity index (χ1) is 21.0. The highest BCUT2D eigenvalue weighted by Crippen LogP contribution is 2.35. The maximum Gasteiger partial charge on any atom is 0.270 e. The summed E-state index contributed by atoms with van der Waals surface area (Å²) in [6.07, 6.45) is 0.602. The zero-order valence-corrected chi connectivity index (χ0v) is 25.9. The second-order valence-corrected chi connectivity index (χ2v) is 11.7. The van der Waals surface area contributed by atoms with Crippen LogP contribution >= 0.6 is 22.7 Å². The number of hydrogen-bond acceptors (Lipinski definition) is 8. The number of ether oxygens (including phenoxy) is 3. The van der Waals surface area contributed by atoms with Crippen LogP contribution in [0.15, 0.2) is 84.2 Å². The second kappa shape index (κ2) is 12.3. The highest BCUT2D eigenvalue weighted by Gasteiger charge is 2.25. The van der Waals surface area contributed by atoms with Crippen molar-refractivity contribution in [2.24, 2.45) is 0 Å². The smallest absolute Gasteiger partial charge is 0.270 e. The maximum atomic E-state index is 14.3. The quantitative estimate of drug-likeness (QED) is 0.161. The molecule has 218 valence electrons. The molecule has 0 bridgehead atoms. The van der Waals surface area contributed by atoms with Gasteiger partial charge in [0, 0.05) is 22.9 Å². The Kier molecular flexibility index (Phi) is 8.13. The van der Waals surface area contributed by atoms with E-state index in [-0.39, 0.29) is 5.91 Å². The zero-order chi connectivity index (χ0) is 29.9. The summed E-state index contributed by atoms with van der Waals surface area (Å²) in [5, 5.41) is 8.32. The van der Waals surface area contributed by atoms with Crippen LogP contribution in [0.5, 0.6) is 17.2 Å². The fourth-order valence-corrected chi connectivity index (χ4v) is 6.86. The van der Waals surface area contributed by atoms with Gasteiger partial charge in [0.2, 0.25) is 0 Å². The van der Waals surface area contributed by atoms with E-state index < -0.39 is 0 Å². The number of aryl methyl sites for hydroxylation is 1. The van der Waals surface area contributed by atoms with Crippen LogP contribution in [0.2, 0.25) is 0 Å². The Hall–Kier alpha value is -4.67. The number of amides is 1. The number of carbonyl (C=O) groups is 1. The lowest BCUT2D eigenvalue weighted by Gasteiger charge is -2.20. The van der Waals surface area contributed by atoms with E-state index >= 15 is 0 Å². The van der Waals surface area contributed by atoms with Gasteiger partial charge in [-0.1, -0.05) is 24.3 Å². The molecule has 3 aromatic carbocycles. The minimum atomic E-state index is -0.101. The van der Waals surface area contributed by atoms with Crippen molar-refractivity contribution < 1.29 is 19.0 Å². The molecular formula is C33H30N4O4S2. The van der Waals surface area contributed by atoms with E-state index in [9.17, 15) is 4.79 Å². The van der Waals surface area contributed by atoms with Crippen molar-refractivity contribution in [1.82, 2.24) is 14.8 Å². The van der Waals surface area contributed by atoms with Gasteiger partial charge in [0.15, 0.2) is 16.6 Å². The number of thiophene rings is 1. The number of thiazole rings is 1. The van der Waals surface area contributed by atoms with Gasteiger partial charge in [0.1, 0.15) is 10.6 Å². The molecule has 0 N–H and O–H groups in total. The molecule has 0 aliphatic rings. The number of para-hydroxylation sites is 1. The number of nitrogens with zero attached hydrogens (tertiary/aromatic N) is 4. The van der Waals surface area contributed by atoms with Crippen LogP contribution in [0.4, 0.5) is 5.13 Å². The van der Waals surface area contributed by atoms with E-state index in [0.29, 0.717) is 34.5 Å². The van der Waals surface area contributed by atoms with E-state index in [4.69, 9.17) is 24.3 Å². The van der Waals surface area contributed by atoms with Crippen LogP contribution in [0.3, 0.4) is 0 Å². The monoisotopic (exact) mass is 610 g/mol. The molecule has 0 spiro atoms. The Balaban J connectivity index is 1.35. The first-order valence-electron chi connectivity index (χ1n) is 13.7. The predicted octanol–water partition coefficient (Wildman–Crippen LogP) is 7.43. The number of hydrogen-bond donors (Lipinski definition) is 0. The van der Waals surface area contributed by atoms with Crippen molar-refractivity contribution in [1.29, 1.82) is 0 Å². The predicted molar refractivity (Wildman–Crippen MR) is 173 cm³/mol. The molecule has 3 heterocycles. The van der Waals surface area contributed by atoms with Crippen LogP contribution in [0.25, 0.3) is 27.2 Å². The lowest BCUT2D eigenvalue weighted by atomic mass is 10.1. The first-order valence-corrected chi connectivity index (χ1v) is 15.4. The summed E-state index contributed by atoms with van der Waals surface area (Å²) in [6, 6.07) is 25.5. The SMILES string of the molecule is COc1ccc(-c2csc(N(CCc3ccc(OC)c(OC)c3)C(=O)c3cc4c(C)nn(-c5ccccc5)c4s3)n2)cc1. The first kappa shape index (κ1) is 28.4. The van der Waals surface area contributed by atoms with Crippen molar-refractivity contribution in [2.75, 3.05) is 32.8 Å². The van der Waals surface area contributed by atoms with Crippen LogP contribution in [-0.2, 0) is 6.42 Å². The van der Waals surface area contributed by atoms with Gasteiger partial charge >= 0.3 is 0 Å². The van der Waals surface area contributed by atoms with Gasteiger partial charge in [-0.25, -0.2) is 9.67 Å². The standard InChI is InChI=1S/C33H30N4O4S2/c1-21-26-19-30(43-32(26)37(35-21)24-8-6-5-7-9-24)31(38)36(17-16-22-10-15-28(40-3)29(18-22)41-4)33-34-27(20-42-33)23-11-13-25(39-2)14-12-23/h5-15,18-20H,16-17H2,1-4H3. The van der Waals surface area contributed by atoms with Crippen LogP contribution in [0.1, 0.15) is 20.9 Å². The van der Waals surface area contributed by atoms with Crippen molar-refractivity contribution in [3.63, 3.8) is 0 Å². The molecule has 43 heavy (non-hydrogen) atoms. The molecule has 0 radical (unpaired) electrons. The average molecular weight is 611 g/mol. The summed E-state index contributed by atoms with van der Waals surface area (Å²) >= 11 is 2.90. The van der Waals surface area contributed by atoms with Crippen molar-refractivity contribution in [3.8, 4) is 34.2 Å². The molecule has 0 aliphatic heterocycles. The molecule has 1 amide bonds. The average Bonchev–Trinajstić information content (AvgIpc) is 3.79. The molecular weight excluding hydrogens is 581 g/mol. The van der Waals surface area contributed by atoms with E-state index in [1.165, 1.54) is 22.7 Å². The second-order valence-electron chi connectivity index (χ2n) is 9.80. The number of aromatic nitrogens is 3. The molecule has 6 rings (SSSR count). The van der Waals surface area contributed by atoms with E-state index in [1.807, 2.05) is 95.8 Å². The van der Waals surface area contributed by atoms with E-state index in [2.05, 4.69) is 0 Å². The van der Waals surface area contributed by atoms with Gasteiger partial charge in [-0.3, -0.25) is 9.69 Å². The summed E-state index contributed by atoms with van der Waals surface area (Å²) in [7, 11) is 4.88. The zero-order valence-electron chi connectivity index (χ0n) is 24.2. The van der Waals surface area contributed by atoms with Crippen molar-refractivity contribution in [2.45, 2.75) is 13.3 Å². The third-order valence-corrected chi connectivity index (χ3v) is 9.14. The topological polar surface area (TPSA) is 78.7 Å². The number of methoxy groups -OCH3 is 3. The fourth-order valence-electron chi connectivity index (χ4n) is 4.87. The van der Waals surface area contributed by atoms with E-state index in [0.717, 1.165) is 44.2 Å². The highest BCUT2D eigenvalue weighted by atomic mass is 32.1. The molecule has 0 unspecified atom stereocenters. The molecule has 0 aliphatic carbocycles. The number of benzene rings is 3. The molecule has 0 fully saturated rings. The Morgan fingerprint density at radius 1 is 0.907 bits per heavy atom. The molecule has 10 heteroatoms. The Bertz CT molecular complexity index is 1880. The molecule has 8 nitrogen and oxygen atoms in total. The summed E-state index contributed by atoms with van der Waals surface area (Å²) in [4.78, 5) is 22.5. The molecule has 0 saturated heterocycles. The number of fused-ring (bicyclic) bond motifs is 1. The van der Waals surface area contributed by atoms with Gasteiger partial charge < -0.3 is 14.2 Å². The summed E-state index contributed by atoms with van der Waals surface area (Å²) in [5.41, 5.74) is 4.61. The Morgan fingerprint density at radius 2 is 1.67 bits per heavy atom. The minimum absolute atomic E-state index is 0.101. The lowest BCUT2D eigenvalue weighted by molar-refractivity contribution is 0.0991. The summed E-state index contributed by atoms with van der Waals surface area (Å²) in [6.45, 7) is 2.40. The highest BCUT2D eigenvalue weighted by molar-refractivity contribution is 7.20. The maximum absolute atomic E-state index is 14.3. The number of anilines is 1. The van der Waals surface area contributed by atoms with Crippen molar-refractivity contribution >= 4 is 43.9 Å². The molecule has 0 saturated carbocycles. The summed E-state index contributed by atoms with van der Waals surface area (Å²) < 4.78 is 18.1. The molecule has 3 aromatic heterocycles. The van der Waals surface area contributed by atoms with Crippen LogP contribution in [0, 0.1) is 6.92 Å². The van der Waals surface area contributed by atoms with Gasteiger partial charge in [-0.2, -0.15) is 5.10 Å². The number of rotatable bonds is 10. The normalized spacial score (nSPS) is 11.1. The van der Waals surface area contributed by atoms with Crippen LogP contribution in [-0.4, -0.2) is 48.5 Å². The third kappa shape index (κ3) is 5.71. The van der Waals surface area contributed by atoms with Gasteiger partial charge in [0.25, 0.3) is 5.91 Å². The largest absolute Gasteiger partial charge is 0.497 e. The summed E-state index contributed by atoms with van der Waals surface area (Å²) in [5.74, 6) is 1.99. The lowest BCUT2D eigenvalue weighted by Crippen LogP contribution is -2.32. The third-order valence-electron chi connectivity index (χ3n) is 7.18. The Morgan fingerprint density at radius 3 is 2.40 bits per heavy atom. The molecule has 6 aromatic rings. The van der Waals surface area contributed by atoms with Gasteiger partial charge in [-0.15, -0.1) is 22.7 Å². The number of carbonyl (C=O) groups excluding carboxylic acids is 1. The van der Waals surface area contributed by atoms with Crippen molar-refractivity contribution in [3.05, 3.63) is 100 Å². The van der Waals surface area contributed by atoms with Gasteiger partial charge in [0.05, 0.1) is 43.3 Å². The van der Waals surface area contributed by atoms with Crippen LogP contribution < -0.4 is 19.1 Å². The van der Waals surface area contributed by atoms with Gasteiger partial charge in [-0.05, 0) is 73.5 Å². The fraction of sp³-hybridized carbons (Fsp3) is 0.182.